The fourth-order valence-corrected chi connectivity index (χ4v) is 1.40. The first-order chi connectivity index (χ1) is 7.97. The van der Waals surface area contributed by atoms with Crippen LogP contribution in [0.3, 0.4) is 0 Å². The van der Waals surface area contributed by atoms with E-state index in [9.17, 15) is 10.0 Å². The maximum atomic E-state index is 11.8. The molecule has 1 atom stereocenters. The van der Waals surface area contributed by atoms with Crippen LogP contribution in [0.5, 0.6) is 0 Å². The summed E-state index contributed by atoms with van der Waals surface area (Å²) < 4.78 is 0.776. The first-order valence-electron chi connectivity index (χ1n) is 5.52. The maximum absolute atomic E-state index is 11.8. The summed E-state index contributed by atoms with van der Waals surface area (Å²) in [5.41, 5.74) is 6.17. The number of nitrogen functional groups attached to an aromatic ring is 1. The van der Waals surface area contributed by atoms with Crippen molar-refractivity contribution in [2.24, 2.45) is 0 Å². The zero-order chi connectivity index (χ0) is 13.0. The van der Waals surface area contributed by atoms with Crippen molar-refractivity contribution < 1.29 is 5.21 Å². The van der Waals surface area contributed by atoms with Gasteiger partial charge < -0.3 is 16.3 Å². The second kappa shape index (κ2) is 5.54. The van der Waals surface area contributed by atoms with E-state index in [0.29, 0.717) is 17.2 Å². The third-order valence-corrected chi connectivity index (χ3v) is 2.78. The van der Waals surface area contributed by atoms with Crippen molar-refractivity contribution in [3.63, 3.8) is 0 Å². The standard InChI is InChI=1S/C12H19N3O2/c1-8(14-3)5-4-6-10-7-15(17)12(13)9(2)11(10)16/h4,6-8,14,17H,5,13H2,1-3H3/b6-4+. The van der Waals surface area contributed by atoms with Crippen molar-refractivity contribution >= 4 is 11.9 Å². The van der Waals surface area contributed by atoms with Crippen molar-refractivity contribution in [3.8, 4) is 0 Å². The largest absolute Gasteiger partial charge is 0.427 e. The van der Waals surface area contributed by atoms with E-state index in [0.717, 1.165) is 11.2 Å². The fraction of sp³-hybridized carbons (Fsp3) is 0.417. The first-order valence-corrected chi connectivity index (χ1v) is 5.52. The van der Waals surface area contributed by atoms with Crippen LogP contribution in [0.25, 0.3) is 6.08 Å². The maximum Gasteiger partial charge on any atom is 0.194 e. The predicted octanol–water partition coefficient (Wildman–Crippen LogP) is 0.987. The highest BCUT2D eigenvalue weighted by Crippen LogP contribution is 2.07. The summed E-state index contributed by atoms with van der Waals surface area (Å²) in [7, 11) is 1.88. The Hall–Kier alpha value is -1.75. The normalized spacial score (nSPS) is 13.1. The van der Waals surface area contributed by atoms with Gasteiger partial charge in [0.25, 0.3) is 0 Å². The van der Waals surface area contributed by atoms with Crippen LogP contribution in [0.4, 0.5) is 5.82 Å². The number of hydrogen-bond donors (Lipinski definition) is 3. The van der Waals surface area contributed by atoms with Gasteiger partial charge in [0.2, 0.25) is 0 Å². The van der Waals surface area contributed by atoms with Crippen molar-refractivity contribution in [1.29, 1.82) is 0 Å². The van der Waals surface area contributed by atoms with Gasteiger partial charge in [-0.2, -0.15) is 4.73 Å². The van der Waals surface area contributed by atoms with Crippen molar-refractivity contribution in [2.45, 2.75) is 26.3 Å². The number of pyridine rings is 1. The quantitative estimate of drug-likeness (QED) is 0.682. The smallest absolute Gasteiger partial charge is 0.194 e. The molecule has 94 valence electrons. The van der Waals surface area contributed by atoms with Crippen molar-refractivity contribution in [3.05, 3.63) is 33.6 Å². The van der Waals surface area contributed by atoms with E-state index < -0.39 is 0 Å². The van der Waals surface area contributed by atoms with E-state index in [1.807, 2.05) is 20.0 Å². The van der Waals surface area contributed by atoms with E-state index in [4.69, 9.17) is 5.73 Å². The molecule has 17 heavy (non-hydrogen) atoms. The molecule has 0 aliphatic carbocycles. The van der Waals surface area contributed by atoms with Crippen LogP contribution in [-0.2, 0) is 0 Å². The molecular weight excluding hydrogens is 218 g/mol. The minimum Gasteiger partial charge on any atom is -0.427 e. The van der Waals surface area contributed by atoms with Gasteiger partial charge in [-0.15, -0.1) is 0 Å². The van der Waals surface area contributed by atoms with Crippen LogP contribution in [-0.4, -0.2) is 23.0 Å². The van der Waals surface area contributed by atoms with Gasteiger partial charge >= 0.3 is 0 Å². The van der Waals surface area contributed by atoms with E-state index in [1.165, 1.54) is 6.20 Å². The monoisotopic (exact) mass is 237 g/mol. The molecule has 4 N–H and O–H groups in total. The summed E-state index contributed by atoms with van der Waals surface area (Å²) >= 11 is 0. The van der Waals surface area contributed by atoms with Crippen LogP contribution < -0.4 is 16.5 Å². The van der Waals surface area contributed by atoms with Crippen LogP contribution in [0.2, 0.25) is 0 Å². The van der Waals surface area contributed by atoms with Crippen LogP contribution >= 0.6 is 0 Å². The molecule has 0 amide bonds. The number of nitrogens with two attached hydrogens (primary N) is 1. The Bertz CT molecular complexity index is 477. The van der Waals surface area contributed by atoms with Crippen LogP contribution in [0, 0.1) is 6.92 Å². The molecule has 1 unspecified atom stereocenters. The summed E-state index contributed by atoms with van der Waals surface area (Å²) in [6.45, 7) is 3.64. The average Bonchev–Trinajstić information content (AvgIpc) is 2.32. The Morgan fingerprint density at radius 3 is 2.88 bits per heavy atom. The number of anilines is 1. The molecule has 0 fully saturated rings. The second-order valence-electron chi connectivity index (χ2n) is 4.10. The van der Waals surface area contributed by atoms with Gasteiger partial charge in [0.15, 0.2) is 5.43 Å². The lowest BCUT2D eigenvalue weighted by Crippen LogP contribution is -2.20. The lowest BCUT2D eigenvalue weighted by atomic mass is 10.1. The topological polar surface area (TPSA) is 80.3 Å². The van der Waals surface area contributed by atoms with Gasteiger partial charge in [-0.1, -0.05) is 12.2 Å². The van der Waals surface area contributed by atoms with E-state index >= 15 is 0 Å². The predicted molar refractivity (Wildman–Crippen MR) is 69.2 cm³/mol. The molecule has 0 aliphatic heterocycles. The summed E-state index contributed by atoms with van der Waals surface area (Å²) in [5.74, 6) is 0.0794. The highest BCUT2D eigenvalue weighted by Gasteiger charge is 2.07. The molecule has 0 saturated heterocycles. The SMILES string of the molecule is CNC(C)C/C=C/c1cn(O)c(N)c(C)c1=O. The summed E-state index contributed by atoms with van der Waals surface area (Å²) in [6.07, 6.45) is 5.73. The number of rotatable bonds is 4. The molecule has 0 aliphatic rings. The van der Waals surface area contributed by atoms with Gasteiger partial charge in [0.1, 0.15) is 5.82 Å². The zero-order valence-corrected chi connectivity index (χ0v) is 10.4. The Morgan fingerprint density at radius 2 is 2.29 bits per heavy atom. The zero-order valence-electron chi connectivity index (χ0n) is 10.4. The number of hydrogen-bond acceptors (Lipinski definition) is 4. The van der Waals surface area contributed by atoms with Crippen molar-refractivity contribution in [2.75, 3.05) is 12.8 Å². The molecule has 0 spiro atoms. The molecule has 1 heterocycles. The molecule has 0 bridgehead atoms. The van der Waals surface area contributed by atoms with Gasteiger partial charge in [0.05, 0.1) is 6.20 Å². The van der Waals surface area contributed by atoms with Gasteiger partial charge in [-0.05, 0) is 27.3 Å². The fourth-order valence-electron chi connectivity index (χ4n) is 1.40. The Kier molecular flexibility index (Phi) is 4.34. The third kappa shape index (κ3) is 3.10. The Morgan fingerprint density at radius 1 is 1.65 bits per heavy atom. The average molecular weight is 237 g/mol. The third-order valence-electron chi connectivity index (χ3n) is 2.78. The number of nitrogens with one attached hydrogen (secondary N) is 1. The second-order valence-corrected chi connectivity index (χ2v) is 4.10. The summed E-state index contributed by atoms with van der Waals surface area (Å²) in [4.78, 5) is 11.8. The molecule has 5 heteroatoms. The van der Waals surface area contributed by atoms with Crippen molar-refractivity contribution in [1.82, 2.24) is 10.0 Å². The Labute approximate surface area is 101 Å². The van der Waals surface area contributed by atoms with Gasteiger partial charge in [0, 0.05) is 17.2 Å². The molecule has 1 aromatic heterocycles. The molecular formula is C12H19N3O2. The van der Waals surface area contributed by atoms with Gasteiger partial charge in [-0.25, -0.2) is 0 Å². The lowest BCUT2D eigenvalue weighted by Gasteiger charge is -2.07. The Balaban J connectivity index is 2.97. The summed E-state index contributed by atoms with van der Waals surface area (Å²) in [5, 5.41) is 12.6. The van der Waals surface area contributed by atoms with E-state index in [2.05, 4.69) is 5.32 Å². The highest BCUT2D eigenvalue weighted by atomic mass is 16.5. The minimum absolute atomic E-state index is 0.0794. The summed E-state index contributed by atoms with van der Waals surface area (Å²) in [6, 6.07) is 0.345. The number of aromatic nitrogens is 1. The van der Waals surface area contributed by atoms with Crippen LogP contribution in [0.1, 0.15) is 24.5 Å². The van der Waals surface area contributed by atoms with Crippen LogP contribution in [0.15, 0.2) is 17.1 Å². The number of nitrogens with zero attached hydrogens (tertiary/aromatic N) is 1. The van der Waals surface area contributed by atoms with E-state index in [1.54, 1.807) is 13.0 Å². The molecule has 0 saturated carbocycles. The van der Waals surface area contributed by atoms with E-state index in [-0.39, 0.29) is 11.2 Å². The molecule has 1 rings (SSSR count). The molecule has 0 radical (unpaired) electrons. The molecule has 0 aromatic carbocycles. The highest BCUT2D eigenvalue weighted by molar-refractivity contribution is 5.53. The first kappa shape index (κ1) is 13.3. The van der Waals surface area contributed by atoms with Gasteiger partial charge in [-0.3, -0.25) is 4.79 Å². The minimum atomic E-state index is -0.152. The molecule has 5 nitrogen and oxygen atoms in total. The lowest BCUT2D eigenvalue weighted by molar-refractivity contribution is 0.190. The molecule has 1 aromatic rings.